The number of aliphatic hydroxyl groups is 1. The molecule has 2 atom stereocenters. The van der Waals surface area contributed by atoms with Crippen molar-refractivity contribution in [3.8, 4) is 17.6 Å². The van der Waals surface area contributed by atoms with Crippen LogP contribution in [0.4, 0.5) is 0 Å². The van der Waals surface area contributed by atoms with Crippen molar-refractivity contribution in [1.29, 1.82) is 0 Å². The molecule has 1 unspecified atom stereocenters. The van der Waals surface area contributed by atoms with E-state index in [1.807, 2.05) is 78.1 Å². The van der Waals surface area contributed by atoms with E-state index in [1.165, 1.54) is 0 Å². The van der Waals surface area contributed by atoms with Crippen molar-refractivity contribution in [2.24, 2.45) is 5.41 Å². The van der Waals surface area contributed by atoms with E-state index in [-0.39, 0.29) is 17.4 Å². The molecular weight excluding hydrogens is 400 g/mol. The van der Waals surface area contributed by atoms with Gasteiger partial charge in [-0.25, -0.2) is 0 Å². The molecule has 0 aliphatic heterocycles. The zero-order valence-corrected chi connectivity index (χ0v) is 19.6. The van der Waals surface area contributed by atoms with Gasteiger partial charge < -0.3 is 20.1 Å². The van der Waals surface area contributed by atoms with Gasteiger partial charge in [0.1, 0.15) is 12.0 Å². The van der Waals surface area contributed by atoms with Crippen LogP contribution in [0.1, 0.15) is 68.9 Å². The van der Waals surface area contributed by atoms with E-state index in [0.29, 0.717) is 11.3 Å². The topological polar surface area (TPSA) is 74.3 Å². The molecule has 2 aromatic carbocycles. The minimum absolute atomic E-state index is 0.0943. The third-order valence-corrected chi connectivity index (χ3v) is 5.03. The second-order valence-electron chi connectivity index (χ2n) is 9.37. The van der Waals surface area contributed by atoms with Gasteiger partial charge in [0, 0.05) is 34.0 Å². The molecule has 32 heavy (non-hydrogen) atoms. The number of rotatable bonds is 6. The van der Waals surface area contributed by atoms with Gasteiger partial charge in [-0.15, -0.1) is 0 Å². The van der Waals surface area contributed by atoms with Crippen LogP contribution in [0, 0.1) is 17.3 Å². The van der Waals surface area contributed by atoms with Crippen molar-refractivity contribution in [3.63, 3.8) is 0 Å². The Morgan fingerprint density at radius 1 is 1.12 bits per heavy atom. The van der Waals surface area contributed by atoms with Crippen LogP contribution in [0.3, 0.4) is 0 Å². The van der Waals surface area contributed by atoms with Gasteiger partial charge in [-0.1, -0.05) is 37.0 Å². The van der Waals surface area contributed by atoms with Crippen molar-refractivity contribution in [3.05, 3.63) is 65.4 Å². The first-order chi connectivity index (χ1) is 15.0. The quantitative estimate of drug-likeness (QED) is 0.370. The Labute approximate surface area is 190 Å². The lowest BCUT2D eigenvalue weighted by molar-refractivity contribution is 0.0723. The zero-order chi connectivity index (χ0) is 23.5. The fourth-order valence-corrected chi connectivity index (χ4v) is 3.38. The van der Waals surface area contributed by atoms with E-state index in [4.69, 9.17) is 4.74 Å². The van der Waals surface area contributed by atoms with Crippen molar-refractivity contribution < 1.29 is 14.6 Å². The van der Waals surface area contributed by atoms with Gasteiger partial charge in [0.05, 0.1) is 11.7 Å². The number of aromatic amines is 1. The fourth-order valence-electron chi connectivity index (χ4n) is 3.38. The molecule has 1 heterocycles. The number of carbonyl (C=O) groups excluding carboxylic acids is 1. The first-order valence-electron chi connectivity index (χ1n) is 10.9. The summed E-state index contributed by atoms with van der Waals surface area (Å²) in [5.41, 5.74) is 2.85. The second-order valence-corrected chi connectivity index (χ2v) is 9.37. The third-order valence-electron chi connectivity index (χ3n) is 5.03. The van der Waals surface area contributed by atoms with Crippen molar-refractivity contribution in [2.75, 3.05) is 0 Å². The summed E-state index contributed by atoms with van der Waals surface area (Å²) in [4.78, 5) is 16.4. The normalized spacial score (nSPS) is 13.4. The first kappa shape index (κ1) is 23.4. The number of para-hydroxylation sites is 1. The molecule has 0 aliphatic carbocycles. The molecule has 3 aromatic rings. The van der Waals surface area contributed by atoms with Crippen molar-refractivity contribution in [2.45, 2.75) is 59.8 Å². The molecule has 0 saturated heterocycles. The van der Waals surface area contributed by atoms with Crippen LogP contribution in [-0.4, -0.2) is 28.3 Å². The summed E-state index contributed by atoms with van der Waals surface area (Å²) < 4.78 is 5.84. The highest BCUT2D eigenvalue weighted by atomic mass is 16.5. The van der Waals surface area contributed by atoms with Gasteiger partial charge in [-0.2, -0.15) is 0 Å². The van der Waals surface area contributed by atoms with Gasteiger partial charge >= 0.3 is 0 Å². The Hall–Kier alpha value is -3.23. The summed E-state index contributed by atoms with van der Waals surface area (Å²) in [7, 11) is 0. The maximum Gasteiger partial charge on any atom is 0.257 e. The highest BCUT2D eigenvalue weighted by Crippen LogP contribution is 2.28. The van der Waals surface area contributed by atoms with Crippen LogP contribution in [0.15, 0.2) is 48.7 Å². The SMILES string of the molecule is CC(C)Oc1ccc(C#CC(C)(C)C)cc1C(=O)N[C@H](O)C(C)c1c[nH]c2ccccc12. The monoisotopic (exact) mass is 432 g/mol. The molecule has 0 bridgehead atoms. The molecule has 3 N–H and O–H groups in total. The zero-order valence-electron chi connectivity index (χ0n) is 19.6. The first-order valence-corrected chi connectivity index (χ1v) is 10.9. The maximum atomic E-state index is 13.1. The largest absolute Gasteiger partial charge is 0.490 e. The van der Waals surface area contributed by atoms with Crippen molar-refractivity contribution in [1.82, 2.24) is 10.3 Å². The molecule has 0 spiro atoms. The Bertz CT molecular complexity index is 1160. The number of nitrogens with one attached hydrogen (secondary N) is 2. The second kappa shape index (κ2) is 9.50. The molecule has 0 saturated carbocycles. The van der Waals surface area contributed by atoms with E-state index in [0.717, 1.165) is 22.0 Å². The van der Waals surface area contributed by atoms with Gasteiger partial charge in [0.25, 0.3) is 5.91 Å². The third kappa shape index (κ3) is 5.72. The number of carbonyl (C=O) groups is 1. The summed E-state index contributed by atoms with van der Waals surface area (Å²) in [5, 5.41) is 14.6. The number of hydrogen-bond acceptors (Lipinski definition) is 3. The molecule has 0 radical (unpaired) electrons. The molecule has 5 heteroatoms. The highest BCUT2D eigenvalue weighted by molar-refractivity contribution is 5.97. The summed E-state index contributed by atoms with van der Waals surface area (Å²) in [5.74, 6) is 6.06. The number of hydrogen-bond donors (Lipinski definition) is 3. The molecule has 1 amide bonds. The molecule has 3 rings (SSSR count). The van der Waals surface area contributed by atoms with E-state index in [2.05, 4.69) is 22.1 Å². The van der Waals surface area contributed by atoms with E-state index in [1.54, 1.807) is 12.1 Å². The number of H-pyrrole nitrogens is 1. The Morgan fingerprint density at radius 3 is 2.53 bits per heavy atom. The number of ether oxygens (including phenoxy) is 1. The lowest BCUT2D eigenvalue weighted by Gasteiger charge is -2.21. The van der Waals surface area contributed by atoms with Crippen LogP contribution in [0.25, 0.3) is 10.9 Å². The number of aliphatic hydroxyl groups excluding tert-OH is 1. The molecule has 0 fully saturated rings. The van der Waals surface area contributed by atoms with Crippen LogP contribution >= 0.6 is 0 Å². The molecule has 0 aliphatic rings. The summed E-state index contributed by atoms with van der Waals surface area (Å²) >= 11 is 0. The molecule has 168 valence electrons. The lowest BCUT2D eigenvalue weighted by Crippen LogP contribution is -2.38. The Balaban J connectivity index is 1.86. The number of benzene rings is 2. The fraction of sp³-hybridized carbons (Fsp3) is 0.370. The smallest absolute Gasteiger partial charge is 0.257 e. The van der Waals surface area contributed by atoms with Crippen LogP contribution in [-0.2, 0) is 0 Å². The van der Waals surface area contributed by atoms with Gasteiger partial charge in [-0.3, -0.25) is 4.79 Å². The Kier molecular flexibility index (Phi) is 6.96. The van der Waals surface area contributed by atoms with E-state index < -0.39 is 12.1 Å². The van der Waals surface area contributed by atoms with Crippen LogP contribution in [0.5, 0.6) is 5.75 Å². The molecule has 1 aromatic heterocycles. The summed E-state index contributed by atoms with van der Waals surface area (Å²) in [6.07, 6.45) is 0.710. The summed E-state index contributed by atoms with van der Waals surface area (Å²) in [6, 6.07) is 13.2. The van der Waals surface area contributed by atoms with Crippen LogP contribution < -0.4 is 10.1 Å². The van der Waals surface area contributed by atoms with Gasteiger partial charge in [0.15, 0.2) is 0 Å². The summed E-state index contributed by atoms with van der Waals surface area (Å²) in [6.45, 7) is 11.8. The number of aromatic nitrogens is 1. The predicted octanol–water partition coefficient (Wildman–Crippen LogP) is 5.20. The number of fused-ring (bicyclic) bond motifs is 1. The van der Waals surface area contributed by atoms with E-state index in [9.17, 15) is 9.90 Å². The average molecular weight is 433 g/mol. The Morgan fingerprint density at radius 2 is 1.84 bits per heavy atom. The average Bonchev–Trinajstić information content (AvgIpc) is 3.15. The maximum absolute atomic E-state index is 13.1. The van der Waals surface area contributed by atoms with Gasteiger partial charge in [-0.05, 0) is 64.4 Å². The standard InChI is InChI=1S/C27H32N2O3/c1-17(2)32-24-12-11-19(13-14-27(4,5)6)15-21(24)26(31)29-25(30)18(3)22-16-28-23-10-8-7-9-20(22)23/h7-12,15-18,25,28,30H,1-6H3,(H,29,31)/t18?,25-/m1/s1. The van der Waals surface area contributed by atoms with Crippen molar-refractivity contribution >= 4 is 16.8 Å². The minimum Gasteiger partial charge on any atom is -0.490 e. The lowest BCUT2D eigenvalue weighted by atomic mass is 9.97. The van der Waals surface area contributed by atoms with Crippen LogP contribution in [0.2, 0.25) is 0 Å². The predicted molar refractivity (Wildman–Crippen MR) is 129 cm³/mol. The highest BCUT2D eigenvalue weighted by Gasteiger charge is 2.23. The molecular formula is C27H32N2O3. The number of amides is 1. The minimum atomic E-state index is -1.07. The molecule has 5 nitrogen and oxygen atoms in total. The van der Waals surface area contributed by atoms with Gasteiger partial charge in [0.2, 0.25) is 0 Å². The van der Waals surface area contributed by atoms with E-state index >= 15 is 0 Å².